The molecule has 0 saturated heterocycles. The van der Waals surface area contributed by atoms with E-state index < -0.39 is 5.63 Å². The standard InChI is InChI=1S/C17H10ClN3O2/c18-13-6-7-16-12(8-13)9-15(17(22)23-16)21-10-14(19-20-21)11-4-2-1-3-5-11/h1-10H. The van der Waals surface area contributed by atoms with Gasteiger partial charge in [-0.25, -0.2) is 9.48 Å². The largest absolute Gasteiger partial charge is 0.421 e. The van der Waals surface area contributed by atoms with Crippen LogP contribution in [0.3, 0.4) is 0 Å². The lowest BCUT2D eigenvalue weighted by Crippen LogP contribution is -2.10. The average molecular weight is 324 g/mol. The number of benzene rings is 2. The smallest absolute Gasteiger partial charge is 0.362 e. The predicted molar refractivity (Wildman–Crippen MR) is 87.8 cm³/mol. The highest BCUT2D eigenvalue weighted by atomic mass is 35.5. The van der Waals surface area contributed by atoms with Crippen molar-refractivity contribution < 1.29 is 4.42 Å². The maximum Gasteiger partial charge on any atom is 0.362 e. The fourth-order valence-corrected chi connectivity index (χ4v) is 2.55. The van der Waals surface area contributed by atoms with Gasteiger partial charge in [-0.2, -0.15) is 0 Å². The van der Waals surface area contributed by atoms with E-state index in [1.807, 2.05) is 30.3 Å². The second kappa shape index (κ2) is 5.37. The van der Waals surface area contributed by atoms with Crippen LogP contribution in [-0.4, -0.2) is 15.0 Å². The summed E-state index contributed by atoms with van der Waals surface area (Å²) in [6.07, 6.45) is 1.69. The zero-order valence-corrected chi connectivity index (χ0v) is 12.6. The molecule has 0 aliphatic rings. The van der Waals surface area contributed by atoms with E-state index in [0.717, 1.165) is 10.9 Å². The molecule has 4 rings (SSSR count). The third kappa shape index (κ3) is 2.51. The summed E-state index contributed by atoms with van der Waals surface area (Å²) in [5.41, 5.74) is 1.88. The number of rotatable bonds is 2. The molecule has 2 heterocycles. The molecule has 112 valence electrons. The molecule has 0 aliphatic carbocycles. The molecule has 0 radical (unpaired) electrons. The summed E-state index contributed by atoms with van der Waals surface area (Å²) in [5, 5.41) is 9.43. The Balaban J connectivity index is 1.85. The lowest BCUT2D eigenvalue weighted by atomic mass is 10.2. The number of halogens is 1. The van der Waals surface area contributed by atoms with Crippen molar-refractivity contribution in [3.05, 3.63) is 76.2 Å². The molecule has 0 aliphatic heterocycles. The van der Waals surface area contributed by atoms with Crippen LogP contribution < -0.4 is 5.63 Å². The van der Waals surface area contributed by atoms with Crippen LogP contribution in [0.2, 0.25) is 5.02 Å². The molecule has 0 saturated carbocycles. The molecule has 0 unspecified atom stereocenters. The van der Waals surface area contributed by atoms with Gasteiger partial charge in [0.15, 0.2) is 5.69 Å². The van der Waals surface area contributed by atoms with Crippen LogP contribution in [0.1, 0.15) is 0 Å². The van der Waals surface area contributed by atoms with Crippen LogP contribution >= 0.6 is 11.6 Å². The fourth-order valence-electron chi connectivity index (χ4n) is 2.37. The minimum Gasteiger partial charge on any atom is -0.421 e. The molecular formula is C17H10ClN3O2. The predicted octanol–water partition coefficient (Wildman–Crippen LogP) is 3.69. The minimum atomic E-state index is -0.482. The number of nitrogens with zero attached hydrogens (tertiary/aromatic N) is 3. The maximum absolute atomic E-state index is 12.2. The van der Waals surface area contributed by atoms with Gasteiger partial charge in [-0.1, -0.05) is 47.1 Å². The number of hydrogen-bond donors (Lipinski definition) is 0. The van der Waals surface area contributed by atoms with Gasteiger partial charge in [-0.05, 0) is 24.3 Å². The van der Waals surface area contributed by atoms with E-state index in [4.69, 9.17) is 16.0 Å². The molecule has 0 spiro atoms. The van der Waals surface area contributed by atoms with E-state index in [2.05, 4.69) is 10.3 Å². The zero-order chi connectivity index (χ0) is 15.8. The average Bonchev–Trinajstić information content (AvgIpc) is 3.05. The van der Waals surface area contributed by atoms with E-state index >= 15 is 0 Å². The van der Waals surface area contributed by atoms with Crippen LogP contribution in [0.25, 0.3) is 27.9 Å². The topological polar surface area (TPSA) is 60.9 Å². The monoisotopic (exact) mass is 323 g/mol. The number of hydrogen-bond acceptors (Lipinski definition) is 4. The summed E-state index contributed by atoms with van der Waals surface area (Å²) in [6.45, 7) is 0. The molecule has 6 heteroatoms. The Morgan fingerprint density at radius 2 is 1.87 bits per heavy atom. The molecule has 4 aromatic rings. The lowest BCUT2D eigenvalue weighted by Gasteiger charge is -2.01. The first-order valence-electron chi connectivity index (χ1n) is 6.92. The highest BCUT2D eigenvalue weighted by Gasteiger charge is 2.11. The third-order valence-electron chi connectivity index (χ3n) is 3.49. The first kappa shape index (κ1) is 13.7. The van der Waals surface area contributed by atoms with Crippen LogP contribution in [0.15, 0.2) is 70.0 Å². The summed E-state index contributed by atoms with van der Waals surface area (Å²) in [7, 11) is 0. The molecule has 0 fully saturated rings. The molecule has 0 bridgehead atoms. The quantitative estimate of drug-likeness (QED) is 0.528. The second-order valence-electron chi connectivity index (χ2n) is 5.02. The molecule has 2 aromatic heterocycles. The van der Waals surface area contributed by atoms with Crippen molar-refractivity contribution in [2.24, 2.45) is 0 Å². The molecule has 0 amide bonds. The van der Waals surface area contributed by atoms with Gasteiger partial charge in [0, 0.05) is 16.0 Å². The van der Waals surface area contributed by atoms with Crippen molar-refractivity contribution in [1.29, 1.82) is 0 Å². The van der Waals surface area contributed by atoms with Crippen molar-refractivity contribution in [2.75, 3.05) is 0 Å². The summed E-state index contributed by atoms with van der Waals surface area (Å²) < 4.78 is 6.73. The van der Waals surface area contributed by atoms with Gasteiger partial charge < -0.3 is 4.42 Å². The van der Waals surface area contributed by atoms with Crippen LogP contribution in [-0.2, 0) is 0 Å². The first-order valence-corrected chi connectivity index (χ1v) is 7.30. The van der Waals surface area contributed by atoms with Gasteiger partial charge in [0.2, 0.25) is 0 Å². The molecular weight excluding hydrogens is 314 g/mol. The Kier molecular flexibility index (Phi) is 3.20. The fraction of sp³-hybridized carbons (Fsp3) is 0. The highest BCUT2D eigenvalue weighted by molar-refractivity contribution is 6.31. The van der Waals surface area contributed by atoms with Gasteiger partial charge in [-0.3, -0.25) is 0 Å². The van der Waals surface area contributed by atoms with Crippen molar-refractivity contribution in [2.45, 2.75) is 0 Å². The Hall–Kier alpha value is -2.92. The van der Waals surface area contributed by atoms with Crippen molar-refractivity contribution in [3.8, 4) is 16.9 Å². The van der Waals surface area contributed by atoms with Gasteiger partial charge in [-0.15, -0.1) is 5.10 Å². The molecule has 0 atom stereocenters. The van der Waals surface area contributed by atoms with Crippen LogP contribution in [0, 0.1) is 0 Å². The molecule has 0 N–H and O–H groups in total. The van der Waals surface area contributed by atoms with Gasteiger partial charge in [0.1, 0.15) is 11.3 Å². The number of fused-ring (bicyclic) bond motifs is 1. The summed E-state index contributed by atoms with van der Waals surface area (Å²) >= 11 is 5.99. The van der Waals surface area contributed by atoms with E-state index in [9.17, 15) is 4.79 Å². The Morgan fingerprint density at radius 1 is 1.04 bits per heavy atom. The van der Waals surface area contributed by atoms with Crippen molar-refractivity contribution >= 4 is 22.6 Å². The molecule has 23 heavy (non-hydrogen) atoms. The van der Waals surface area contributed by atoms with E-state index in [0.29, 0.717) is 16.3 Å². The minimum absolute atomic E-state index is 0.287. The van der Waals surface area contributed by atoms with Crippen molar-refractivity contribution in [1.82, 2.24) is 15.0 Å². The first-order chi connectivity index (χ1) is 11.2. The van der Waals surface area contributed by atoms with Gasteiger partial charge in [0.05, 0.1) is 6.20 Å². The Morgan fingerprint density at radius 3 is 2.70 bits per heavy atom. The van der Waals surface area contributed by atoms with Gasteiger partial charge >= 0.3 is 5.63 Å². The Labute approximate surface area is 135 Å². The molecule has 5 nitrogen and oxygen atoms in total. The maximum atomic E-state index is 12.2. The highest BCUT2D eigenvalue weighted by Crippen LogP contribution is 2.21. The van der Waals surface area contributed by atoms with E-state index in [1.165, 1.54) is 4.68 Å². The lowest BCUT2D eigenvalue weighted by molar-refractivity contribution is 0.550. The summed E-state index contributed by atoms with van der Waals surface area (Å²) in [5.74, 6) is 0. The second-order valence-corrected chi connectivity index (χ2v) is 5.45. The summed E-state index contributed by atoms with van der Waals surface area (Å²) in [4.78, 5) is 12.2. The normalized spacial score (nSPS) is 11.0. The van der Waals surface area contributed by atoms with Gasteiger partial charge in [0.25, 0.3) is 0 Å². The van der Waals surface area contributed by atoms with Crippen LogP contribution in [0.4, 0.5) is 0 Å². The zero-order valence-electron chi connectivity index (χ0n) is 11.8. The summed E-state index contributed by atoms with van der Waals surface area (Å²) in [6, 6.07) is 16.4. The third-order valence-corrected chi connectivity index (χ3v) is 3.72. The van der Waals surface area contributed by atoms with Crippen LogP contribution in [0.5, 0.6) is 0 Å². The number of aromatic nitrogens is 3. The Bertz CT molecular complexity index is 1050. The van der Waals surface area contributed by atoms with E-state index in [1.54, 1.807) is 30.5 Å². The van der Waals surface area contributed by atoms with Crippen molar-refractivity contribution in [3.63, 3.8) is 0 Å². The molecule has 2 aromatic carbocycles. The SMILES string of the molecule is O=c1oc2ccc(Cl)cc2cc1-n1cc(-c2ccccc2)nn1. The van der Waals surface area contributed by atoms with E-state index in [-0.39, 0.29) is 5.69 Å².